The molecule has 24 heavy (non-hydrogen) atoms. The predicted molar refractivity (Wildman–Crippen MR) is 97.0 cm³/mol. The van der Waals surface area contributed by atoms with E-state index in [1.807, 2.05) is 24.3 Å². The van der Waals surface area contributed by atoms with Crippen LogP contribution in [-0.2, 0) is 16.4 Å². The number of carbonyl (C=O) groups is 1. The Hall–Kier alpha value is -2.05. The van der Waals surface area contributed by atoms with E-state index in [9.17, 15) is 13.2 Å². The molecule has 0 aliphatic heterocycles. The van der Waals surface area contributed by atoms with Crippen molar-refractivity contribution in [1.29, 1.82) is 0 Å². The Balaban J connectivity index is 1.79. The molecule has 7 heteroatoms. The Morgan fingerprint density at radius 2 is 1.67 bits per heavy atom. The lowest BCUT2D eigenvalue weighted by atomic mass is 10.1. The van der Waals surface area contributed by atoms with E-state index in [0.29, 0.717) is 22.8 Å². The highest BCUT2D eigenvalue weighted by Crippen LogP contribution is 2.12. The van der Waals surface area contributed by atoms with Gasteiger partial charge in [-0.05, 0) is 54.8 Å². The summed E-state index contributed by atoms with van der Waals surface area (Å²) >= 11 is 5.83. The summed E-state index contributed by atoms with van der Waals surface area (Å²) in [5.74, 6) is -0.183. The van der Waals surface area contributed by atoms with Crippen LogP contribution in [0.25, 0.3) is 0 Å². The number of rotatable bonds is 7. The molecule has 5 nitrogen and oxygen atoms in total. The van der Waals surface area contributed by atoms with Gasteiger partial charge in [-0.25, -0.2) is 8.42 Å². The smallest absolute Gasteiger partial charge is 0.251 e. The van der Waals surface area contributed by atoms with Gasteiger partial charge < -0.3 is 5.32 Å². The summed E-state index contributed by atoms with van der Waals surface area (Å²) in [6.45, 7) is 0.560. The summed E-state index contributed by atoms with van der Waals surface area (Å²) in [4.78, 5) is 12.0. The number of halogens is 1. The fourth-order valence-corrected chi connectivity index (χ4v) is 2.84. The van der Waals surface area contributed by atoms with Crippen LogP contribution in [0.5, 0.6) is 0 Å². The molecule has 128 valence electrons. The lowest BCUT2D eigenvalue weighted by molar-refractivity contribution is 0.0953. The van der Waals surface area contributed by atoms with Gasteiger partial charge in [-0.15, -0.1) is 0 Å². The molecule has 0 fully saturated rings. The summed E-state index contributed by atoms with van der Waals surface area (Å²) in [6.07, 6.45) is 2.75. The first-order valence-corrected chi connectivity index (χ1v) is 9.71. The van der Waals surface area contributed by atoms with Crippen LogP contribution in [0, 0.1) is 0 Å². The molecular weight excluding hydrogens is 348 g/mol. The zero-order valence-corrected chi connectivity index (χ0v) is 14.8. The van der Waals surface area contributed by atoms with Crippen LogP contribution in [0.1, 0.15) is 22.3 Å². The number of hydrogen-bond donors (Lipinski definition) is 2. The lowest BCUT2D eigenvalue weighted by Crippen LogP contribution is -2.24. The average Bonchev–Trinajstić information content (AvgIpc) is 2.52. The maximum absolute atomic E-state index is 12.0. The molecule has 0 saturated heterocycles. The minimum absolute atomic E-state index is 0.183. The van der Waals surface area contributed by atoms with Crippen molar-refractivity contribution in [3.05, 3.63) is 64.7 Å². The van der Waals surface area contributed by atoms with Crippen LogP contribution in [0.2, 0.25) is 5.02 Å². The SMILES string of the molecule is CS(=O)(=O)Nc1ccc(C(=O)NCCCc2ccc(Cl)cc2)cc1. The van der Waals surface area contributed by atoms with Crippen LogP contribution >= 0.6 is 11.6 Å². The van der Waals surface area contributed by atoms with Crippen LogP contribution in [0.4, 0.5) is 5.69 Å². The van der Waals surface area contributed by atoms with Gasteiger partial charge in [0.25, 0.3) is 5.91 Å². The molecule has 0 aliphatic carbocycles. The number of benzene rings is 2. The van der Waals surface area contributed by atoms with Crippen LogP contribution in [-0.4, -0.2) is 27.1 Å². The van der Waals surface area contributed by atoms with Crippen molar-refractivity contribution in [3.8, 4) is 0 Å². The van der Waals surface area contributed by atoms with Crippen molar-refractivity contribution >= 4 is 33.2 Å². The Kier molecular flexibility index (Phi) is 6.23. The van der Waals surface area contributed by atoms with Gasteiger partial charge in [0.2, 0.25) is 10.0 Å². The topological polar surface area (TPSA) is 75.3 Å². The Morgan fingerprint density at radius 3 is 2.25 bits per heavy atom. The zero-order valence-electron chi connectivity index (χ0n) is 13.3. The van der Waals surface area contributed by atoms with E-state index in [2.05, 4.69) is 10.0 Å². The summed E-state index contributed by atoms with van der Waals surface area (Å²) in [7, 11) is -3.32. The monoisotopic (exact) mass is 366 g/mol. The number of anilines is 1. The molecule has 0 radical (unpaired) electrons. The molecule has 0 aromatic heterocycles. The number of amides is 1. The second-order valence-corrected chi connectivity index (χ2v) is 7.62. The molecule has 0 saturated carbocycles. The van der Waals surface area contributed by atoms with Gasteiger partial charge >= 0.3 is 0 Å². The molecule has 2 aromatic carbocycles. The lowest BCUT2D eigenvalue weighted by Gasteiger charge is -2.07. The van der Waals surface area contributed by atoms with Gasteiger partial charge in [0.05, 0.1) is 6.26 Å². The molecule has 0 heterocycles. The molecule has 0 bridgehead atoms. The van der Waals surface area contributed by atoms with Gasteiger partial charge in [0, 0.05) is 22.8 Å². The fraction of sp³-hybridized carbons (Fsp3) is 0.235. The molecule has 0 atom stereocenters. The largest absolute Gasteiger partial charge is 0.352 e. The first-order chi connectivity index (χ1) is 11.3. The molecule has 1 amide bonds. The Labute approximate surface area is 147 Å². The molecule has 2 N–H and O–H groups in total. The van der Waals surface area contributed by atoms with Crippen molar-refractivity contribution in [2.24, 2.45) is 0 Å². The third-order valence-electron chi connectivity index (χ3n) is 3.29. The first-order valence-electron chi connectivity index (χ1n) is 7.44. The predicted octanol–water partition coefficient (Wildman–Crippen LogP) is 3.07. The molecule has 0 spiro atoms. The highest BCUT2D eigenvalue weighted by Gasteiger charge is 2.06. The van der Waals surface area contributed by atoms with E-state index < -0.39 is 10.0 Å². The van der Waals surface area contributed by atoms with Gasteiger partial charge in [0.1, 0.15) is 0 Å². The number of nitrogens with one attached hydrogen (secondary N) is 2. The van der Waals surface area contributed by atoms with Crippen LogP contribution in [0.15, 0.2) is 48.5 Å². The standard InChI is InChI=1S/C17H19ClN2O3S/c1-24(22,23)20-16-10-6-14(7-11-16)17(21)19-12-2-3-13-4-8-15(18)9-5-13/h4-11,20H,2-3,12H2,1H3,(H,19,21). The molecular formula is C17H19ClN2O3S. The summed E-state index contributed by atoms with van der Waals surface area (Å²) in [5.41, 5.74) is 2.09. The third kappa shape index (κ3) is 6.22. The van der Waals surface area contributed by atoms with Crippen molar-refractivity contribution < 1.29 is 13.2 Å². The Morgan fingerprint density at radius 1 is 1.04 bits per heavy atom. The maximum atomic E-state index is 12.0. The molecule has 0 aliphatic rings. The number of carbonyl (C=O) groups excluding carboxylic acids is 1. The average molecular weight is 367 g/mol. The van der Waals surface area contributed by atoms with Gasteiger partial charge in [-0.2, -0.15) is 0 Å². The maximum Gasteiger partial charge on any atom is 0.251 e. The van der Waals surface area contributed by atoms with Crippen LogP contribution < -0.4 is 10.0 Å². The normalized spacial score (nSPS) is 11.1. The van der Waals surface area contributed by atoms with Gasteiger partial charge in [0.15, 0.2) is 0 Å². The van der Waals surface area contributed by atoms with E-state index >= 15 is 0 Å². The molecule has 2 aromatic rings. The van der Waals surface area contributed by atoms with Crippen LogP contribution in [0.3, 0.4) is 0 Å². The van der Waals surface area contributed by atoms with Crippen molar-refractivity contribution in [2.45, 2.75) is 12.8 Å². The van der Waals surface area contributed by atoms with E-state index in [4.69, 9.17) is 11.6 Å². The second kappa shape index (κ2) is 8.17. The van der Waals surface area contributed by atoms with Crippen molar-refractivity contribution in [2.75, 3.05) is 17.5 Å². The van der Waals surface area contributed by atoms with E-state index in [1.165, 1.54) is 5.56 Å². The highest BCUT2D eigenvalue weighted by molar-refractivity contribution is 7.92. The summed E-state index contributed by atoms with van der Waals surface area (Å²) in [6, 6.07) is 13.9. The highest BCUT2D eigenvalue weighted by atomic mass is 35.5. The summed E-state index contributed by atoms with van der Waals surface area (Å²) < 4.78 is 24.6. The van der Waals surface area contributed by atoms with Crippen molar-refractivity contribution in [1.82, 2.24) is 5.32 Å². The van der Waals surface area contributed by atoms with E-state index in [-0.39, 0.29) is 5.91 Å². The van der Waals surface area contributed by atoms with Gasteiger partial charge in [-0.3, -0.25) is 9.52 Å². The second-order valence-electron chi connectivity index (χ2n) is 5.44. The minimum Gasteiger partial charge on any atom is -0.352 e. The third-order valence-corrected chi connectivity index (χ3v) is 4.15. The molecule has 2 rings (SSSR count). The fourth-order valence-electron chi connectivity index (χ4n) is 2.15. The number of sulfonamides is 1. The Bertz CT molecular complexity index is 788. The molecule has 0 unspecified atom stereocenters. The van der Waals surface area contributed by atoms with Gasteiger partial charge in [-0.1, -0.05) is 23.7 Å². The first kappa shape index (κ1) is 18.3. The number of hydrogen-bond acceptors (Lipinski definition) is 3. The zero-order chi connectivity index (χ0) is 17.6. The minimum atomic E-state index is -3.32. The quantitative estimate of drug-likeness (QED) is 0.739. The van der Waals surface area contributed by atoms with E-state index in [1.54, 1.807) is 24.3 Å². The summed E-state index contributed by atoms with van der Waals surface area (Å²) in [5, 5.41) is 3.55. The number of aryl methyl sites for hydroxylation is 1. The van der Waals surface area contributed by atoms with E-state index in [0.717, 1.165) is 19.1 Å². The van der Waals surface area contributed by atoms with Crippen molar-refractivity contribution in [3.63, 3.8) is 0 Å².